The Balaban J connectivity index is 2.19. The summed E-state index contributed by atoms with van der Waals surface area (Å²) >= 11 is 0. The van der Waals surface area contributed by atoms with E-state index in [4.69, 9.17) is 0 Å². The number of para-hydroxylation sites is 2. The largest absolute Gasteiger partial charge is 0.272 e. The summed E-state index contributed by atoms with van der Waals surface area (Å²) < 4.78 is 2.08. The predicted molar refractivity (Wildman–Crippen MR) is 78.5 cm³/mol. The van der Waals surface area contributed by atoms with Crippen LogP contribution in [-0.4, -0.2) is 19.6 Å². The number of fused-ring (bicyclic) bond motifs is 3. The van der Waals surface area contributed by atoms with Gasteiger partial charge in [0.1, 0.15) is 0 Å². The average Bonchev–Trinajstić information content (AvgIpc) is 2.94. The minimum Gasteiger partial charge on any atom is -0.272 e. The molecule has 4 heteroatoms. The number of hydrogen-bond acceptors (Lipinski definition) is 3. The minimum absolute atomic E-state index is 0.808. The van der Waals surface area contributed by atoms with Crippen LogP contribution in [0, 0.1) is 6.92 Å². The summed E-state index contributed by atoms with van der Waals surface area (Å²) in [7, 11) is 0. The molecule has 2 aromatic heterocycles. The molecule has 0 fully saturated rings. The van der Waals surface area contributed by atoms with Gasteiger partial charge in [0.2, 0.25) is 0 Å². The van der Waals surface area contributed by atoms with E-state index in [-0.39, 0.29) is 0 Å². The van der Waals surface area contributed by atoms with Crippen molar-refractivity contribution in [2.75, 3.05) is 0 Å². The Bertz CT molecular complexity index is 910. The standard InChI is InChI=1S/C16H12N4/c1-11-15-18-19-16(12-7-3-2-4-8-12)20(15)14-10-6-5-9-13(14)17-11/h2-10H,1H3. The van der Waals surface area contributed by atoms with Crippen molar-refractivity contribution < 1.29 is 0 Å². The first kappa shape index (κ1) is 11.1. The highest BCUT2D eigenvalue weighted by Crippen LogP contribution is 2.23. The van der Waals surface area contributed by atoms with Crippen molar-refractivity contribution in [2.45, 2.75) is 6.92 Å². The van der Waals surface area contributed by atoms with Gasteiger partial charge in [-0.2, -0.15) is 0 Å². The maximum Gasteiger partial charge on any atom is 0.183 e. The highest BCUT2D eigenvalue weighted by molar-refractivity contribution is 5.81. The second-order valence-electron chi connectivity index (χ2n) is 4.73. The first-order valence-electron chi connectivity index (χ1n) is 6.50. The number of rotatable bonds is 1. The van der Waals surface area contributed by atoms with E-state index >= 15 is 0 Å². The maximum atomic E-state index is 4.59. The summed E-state index contributed by atoms with van der Waals surface area (Å²) in [5, 5.41) is 8.64. The Kier molecular flexibility index (Phi) is 2.29. The zero-order valence-corrected chi connectivity index (χ0v) is 11.0. The molecule has 0 unspecified atom stereocenters. The third kappa shape index (κ3) is 1.51. The van der Waals surface area contributed by atoms with Gasteiger partial charge >= 0.3 is 0 Å². The lowest BCUT2D eigenvalue weighted by molar-refractivity contribution is 1.11. The molecule has 4 aromatic rings. The van der Waals surface area contributed by atoms with Gasteiger partial charge in [0.25, 0.3) is 0 Å². The highest BCUT2D eigenvalue weighted by Gasteiger charge is 2.13. The molecule has 0 radical (unpaired) electrons. The van der Waals surface area contributed by atoms with Gasteiger partial charge < -0.3 is 0 Å². The maximum absolute atomic E-state index is 4.59. The zero-order valence-electron chi connectivity index (χ0n) is 11.0. The number of benzene rings is 2. The van der Waals surface area contributed by atoms with Crippen LogP contribution in [0.4, 0.5) is 0 Å². The Hall–Kier alpha value is -2.75. The van der Waals surface area contributed by atoms with Gasteiger partial charge in [-0.3, -0.25) is 4.40 Å². The predicted octanol–water partition coefficient (Wildman–Crippen LogP) is 3.25. The van der Waals surface area contributed by atoms with Crippen molar-refractivity contribution in [1.29, 1.82) is 0 Å². The van der Waals surface area contributed by atoms with Gasteiger partial charge in [0.15, 0.2) is 11.5 Å². The molecule has 4 rings (SSSR count). The van der Waals surface area contributed by atoms with Crippen molar-refractivity contribution in [2.24, 2.45) is 0 Å². The third-order valence-corrected chi connectivity index (χ3v) is 3.43. The van der Waals surface area contributed by atoms with E-state index in [2.05, 4.69) is 19.6 Å². The first-order chi connectivity index (χ1) is 9.84. The van der Waals surface area contributed by atoms with Crippen molar-refractivity contribution in [1.82, 2.24) is 19.6 Å². The number of aryl methyl sites for hydroxylation is 1. The van der Waals surface area contributed by atoms with E-state index in [1.165, 1.54) is 0 Å². The summed E-state index contributed by atoms with van der Waals surface area (Å²) in [6, 6.07) is 18.2. The van der Waals surface area contributed by atoms with Crippen molar-refractivity contribution >= 4 is 16.7 Å². The smallest absolute Gasteiger partial charge is 0.183 e. The van der Waals surface area contributed by atoms with Gasteiger partial charge in [-0.25, -0.2) is 4.98 Å². The van der Waals surface area contributed by atoms with Gasteiger partial charge in [-0.15, -0.1) is 10.2 Å². The molecule has 96 valence electrons. The Labute approximate surface area is 115 Å². The van der Waals surface area contributed by atoms with Crippen LogP contribution in [0.15, 0.2) is 54.6 Å². The molecule has 0 bridgehead atoms. The quantitative estimate of drug-likeness (QED) is 0.527. The van der Waals surface area contributed by atoms with Crippen LogP contribution >= 0.6 is 0 Å². The number of aromatic nitrogens is 4. The Morgan fingerprint density at radius 1 is 0.850 bits per heavy atom. The second-order valence-corrected chi connectivity index (χ2v) is 4.73. The SMILES string of the molecule is Cc1nc2ccccc2n2c(-c3ccccc3)nnc12. The lowest BCUT2D eigenvalue weighted by atomic mass is 10.2. The van der Waals surface area contributed by atoms with Crippen LogP contribution in [0.5, 0.6) is 0 Å². The van der Waals surface area contributed by atoms with E-state index in [0.717, 1.165) is 33.8 Å². The summed E-state index contributed by atoms with van der Waals surface area (Å²) in [5.74, 6) is 0.849. The van der Waals surface area contributed by atoms with E-state index in [9.17, 15) is 0 Å². The minimum atomic E-state index is 0.808. The van der Waals surface area contributed by atoms with Gasteiger partial charge in [-0.05, 0) is 19.1 Å². The highest BCUT2D eigenvalue weighted by atomic mass is 15.3. The van der Waals surface area contributed by atoms with Crippen LogP contribution < -0.4 is 0 Å². The molecular weight excluding hydrogens is 248 g/mol. The summed E-state index contributed by atoms with van der Waals surface area (Å²) in [5.41, 5.74) is 4.73. The molecule has 0 spiro atoms. The average molecular weight is 260 g/mol. The second kappa shape index (κ2) is 4.13. The fourth-order valence-electron chi connectivity index (χ4n) is 2.50. The molecule has 0 saturated carbocycles. The van der Waals surface area contributed by atoms with Crippen LogP contribution in [0.25, 0.3) is 28.1 Å². The van der Waals surface area contributed by atoms with Gasteiger partial charge in [-0.1, -0.05) is 42.5 Å². The van der Waals surface area contributed by atoms with Crippen molar-refractivity contribution in [3.63, 3.8) is 0 Å². The molecule has 2 aromatic carbocycles. The van der Waals surface area contributed by atoms with E-state index in [1.807, 2.05) is 61.5 Å². The first-order valence-corrected chi connectivity index (χ1v) is 6.50. The lowest BCUT2D eigenvalue weighted by Crippen LogP contribution is -1.97. The molecule has 0 aliphatic rings. The van der Waals surface area contributed by atoms with Crippen LogP contribution in [0.3, 0.4) is 0 Å². The summed E-state index contributed by atoms with van der Waals surface area (Å²) in [6.07, 6.45) is 0. The van der Waals surface area contributed by atoms with E-state index in [0.29, 0.717) is 0 Å². The van der Waals surface area contributed by atoms with E-state index in [1.54, 1.807) is 0 Å². The summed E-state index contributed by atoms with van der Waals surface area (Å²) in [4.78, 5) is 4.59. The van der Waals surface area contributed by atoms with Crippen LogP contribution in [0.1, 0.15) is 5.69 Å². The number of hydrogen-bond donors (Lipinski definition) is 0. The molecule has 0 saturated heterocycles. The van der Waals surface area contributed by atoms with Crippen LogP contribution in [0.2, 0.25) is 0 Å². The van der Waals surface area contributed by atoms with Gasteiger partial charge in [0.05, 0.1) is 16.7 Å². The van der Waals surface area contributed by atoms with E-state index < -0.39 is 0 Å². The molecule has 0 amide bonds. The molecule has 0 aliphatic carbocycles. The fraction of sp³-hybridized carbons (Fsp3) is 0.0625. The van der Waals surface area contributed by atoms with Crippen molar-refractivity contribution in [3.8, 4) is 11.4 Å². The van der Waals surface area contributed by atoms with Gasteiger partial charge in [0, 0.05) is 5.56 Å². The monoisotopic (exact) mass is 260 g/mol. The normalized spacial score (nSPS) is 11.2. The Morgan fingerprint density at radius 3 is 2.45 bits per heavy atom. The topological polar surface area (TPSA) is 43.1 Å². The molecule has 0 atom stereocenters. The summed E-state index contributed by atoms with van der Waals surface area (Å²) in [6.45, 7) is 1.96. The fourth-order valence-corrected chi connectivity index (χ4v) is 2.50. The zero-order chi connectivity index (χ0) is 13.5. The molecular formula is C16H12N4. The molecule has 0 aliphatic heterocycles. The third-order valence-electron chi connectivity index (χ3n) is 3.43. The van der Waals surface area contributed by atoms with Crippen LogP contribution in [-0.2, 0) is 0 Å². The lowest BCUT2D eigenvalue weighted by Gasteiger charge is -2.06. The Morgan fingerprint density at radius 2 is 1.60 bits per heavy atom. The molecule has 4 nitrogen and oxygen atoms in total. The molecule has 0 N–H and O–H groups in total. The number of nitrogens with zero attached hydrogens (tertiary/aromatic N) is 4. The van der Waals surface area contributed by atoms with Crippen molar-refractivity contribution in [3.05, 3.63) is 60.3 Å². The molecule has 20 heavy (non-hydrogen) atoms. The molecule has 2 heterocycles.